The van der Waals surface area contributed by atoms with Gasteiger partial charge >= 0.3 is 0 Å². The number of pyridine rings is 1. The maximum absolute atomic E-state index is 5.98. The van der Waals surface area contributed by atoms with Crippen LogP contribution >= 0.6 is 0 Å². The van der Waals surface area contributed by atoms with Gasteiger partial charge in [-0.2, -0.15) is 0 Å². The molecule has 0 bridgehead atoms. The van der Waals surface area contributed by atoms with Gasteiger partial charge in [-0.25, -0.2) is 4.98 Å². The molecule has 20 heavy (non-hydrogen) atoms. The van der Waals surface area contributed by atoms with Gasteiger partial charge in [0, 0.05) is 25.3 Å². The number of aromatic nitrogens is 1. The predicted octanol–water partition coefficient (Wildman–Crippen LogP) is 3.33. The average Bonchev–Trinajstić information content (AvgIpc) is 2.45. The molecule has 1 aromatic rings. The van der Waals surface area contributed by atoms with E-state index in [2.05, 4.69) is 49.7 Å². The molecule has 0 saturated carbocycles. The number of piperidine rings is 1. The van der Waals surface area contributed by atoms with E-state index in [0.717, 1.165) is 24.8 Å². The first kappa shape index (κ1) is 15.3. The summed E-state index contributed by atoms with van der Waals surface area (Å²) in [5.74, 6) is 1.91. The lowest BCUT2D eigenvalue weighted by Gasteiger charge is -2.39. The van der Waals surface area contributed by atoms with Crippen LogP contribution < -0.4 is 10.6 Å². The van der Waals surface area contributed by atoms with Crippen LogP contribution in [0.4, 0.5) is 5.82 Å². The summed E-state index contributed by atoms with van der Waals surface area (Å²) in [4.78, 5) is 7.09. The van der Waals surface area contributed by atoms with Crippen molar-refractivity contribution in [3.63, 3.8) is 0 Å². The van der Waals surface area contributed by atoms with Crippen molar-refractivity contribution in [3.8, 4) is 0 Å². The summed E-state index contributed by atoms with van der Waals surface area (Å²) in [6, 6.07) is 4.82. The van der Waals surface area contributed by atoms with Crippen molar-refractivity contribution in [1.29, 1.82) is 0 Å². The van der Waals surface area contributed by atoms with Gasteiger partial charge < -0.3 is 10.6 Å². The molecule has 1 fully saturated rings. The Morgan fingerprint density at radius 3 is 2.60 bits per heavy atom. The molecule has 2 unspecified atom stereocenters. The van der Waals surface area contributed by atoms with Crippen molar-refractivity contribution in [2.75, 3.05) is 18.0 Å². The molecular weight excluding hydrogens is 246 g/mol. The molecule has 0 aliphatic carbocycles. The minimum absolute atomic E-state index is 0.161. The number of nitrogens with two attached hydrogens (primary N) is 1. The second-order valence-electron chi connectivity index (χ2n) is 7.04. The summed E-state index contributed by atoms with van der Waals surface area (Å²) in [5.41, 5.74) is 7.42. The van der Waals surface area contributed by atoms with Crippen LogP contribution in [0.15, 0.2) is 18.3 Å². The minimum Gasteiger partial charge on any atom is -0.352 e. The number of anilines is 1. The van der Waals surface area contributed by atoms with E-state index in [-0.39, 0.29) is 5.41 Å². The Morgan fingerprint density at radius 2 is 2.10 bits per heavy atom. The van der Waals surface area contributed by atoms with Crippen LogP contribution in [-0.2, 0) is 5.41 Å². The lowest BCUT2D eigenvalue weighted by atomic mass is 9.87. The van der Waals surface area contributed by atoms with Crippen LogP contribution in [0.5, 0.6) is 0 Å². The zero-order valence-corrected chi connectivity index (χ0v) is 13.4. The summed E-state index contributed by atoms with van der Waals surface area (Å²) >= 11 is 0. The van der Waals surface area contributed by atoms with Crippen LogP contribution in [-0.4, -0.2) is 24.1 Å². The van der Waals surface area contributed by atoms with Crippen LogP contribution in [0.3, 0.4) is 0 Å². The Hall–Kier alpha value is -1.09. The molecule has 1 aromatic heterocycles. The first-order valence-corrected chi connectivity index (χ1v) is 7.89. The van der Waals surface area contributed by atoms with E-state index in [0.29, 0.717) is 6.04 Å². The van der Waals surface area contributed by atoms with E-state index in [1.54, 1.807) is 0 Å². The lowest BCUT2D eigenvalue weighted by Crippen LogP contribution is -2.47. The monoisotopic (exact) mass is 275 g/mol. The van der Waals surface area contributed by atoms with Crippen molar-refractivity contribution in [2.45, 2.75) is 58.4 Å². The SMILES string of the molecule is CCC1CCN(c2ccc(C(C)(C)C)cn2)C(CN)C1. The fourth-order valence-corrected chi connectivity index (χ4v) is 3.03. The lowest BCUT2D eigenvalue weighted by molar-refractivity contribution is 0.334. The first-order valence-electron chi connectivity index (χ1n) is 7.89. The minimum atomic E-state index is 0.161. The molecule has 0 aromatic carbocycles. The van der Waals surface area contributed by atoms with E-state index in [4.69, 9.17) is 5.73 Å². The summed E-state index contributed by atoms with van der Waals surface area (Å²) < 4.78 is 0. The van der Waals surface area contributed by atoms with E-state index in [9.17, 15) is 0 Å². The second-order valence-corrected chi connectivity index (χ2v) is 7.04. The van der Waals surface area contributed by atoms with Gasteiger partial charge in [0.15, 0.2) is 0 Å². The Bertz CT molecular complexity index is 419. The highest BCUT2D eigenvalue weighted by atomic mass is 15.2. The summed E-state index contributed by atoms with van der Waals surface area (Å²) in [5, 5.41) is 0. The molecule has 0 spiro atoms. The third-order valence-electron chi connectivity index (χ3n) is 4.58. The number of nitrogens with zero attached hydrogens (tertiary/aromatic N) is 2. The van der Waals surface area contributed by atoms with Gasteiger partial charge in [0.05, 0.1) is 0 Å². The topological polar surface area (TPSA) is 42.2 Å². The molecular formula is C17H29N3. The fourth-order valence-electron chi connectivity index (χ4n) is 3.03. The molecule has 1 aliphatic heterocycles. The highest BCUT2D eigenvalue weighted by Gasteiger charge is 2.27. The van der Waals surface area contributed by atoms with Crippen molar-refractivity contribution in [1.82, 2.24) is 4.98 Å². The summed E-state index contributed by atoms with van der Waals surface area (Å²) in [6.45, 7) is 10.8. The van der Waals surface area contributed by atoms with Crippen LogP contribution in [0.1, 0.15) is 52.5 Å². The zero-order chi connectivity index (χ0) is 14.8. The van der Waals surface area contributed by atoms with E-state index < -0.39 is 0 Å². The quantitative estimate of drug-likeness (QED) is 0.920. The van der Waals surface area contributed by atoms with Gasteiger partial charge in [-0.05, 0) is 35.8 Å². The standard InChI is InChI=1S/C17H29N3/c1-5-13-8-9-20(15(10-13)11-18)16-7-6-14(12-19-16)17(2,3)4/h6-7,12-13,15H,5,8-11,18H2,1-4H3. The highest BCUT2D eigenvalue weighted by molar-refractivity contribution is 5.42. The number of rotatable bonds is 3. The van der Waals surface area contributed by atoms with Crippen LogP contribution in [0, 0.1) is 5.92 Å². The predicted molar refractivity (Wildman–Crippen MR) is 86.1 cm³/mol. The van der Waals surface area contributed by atoms with Crippen molar-refractivity contribution >= 4 is 5.82 Å². The van der Waals surface area contributed by atoms with Gasteiger partial charge in [0.25, 0.3) is 0 Å². The van der Waals surface area contributed by atoms with Crippen molar-refractivity contribution in [3.05, 3.63) is 23.9 Å². The van der Waals surface area contributed by atoms with Crippen molar-refractivity contribution in [2.24, 2.45) is 11.7 Å². The molecule has 2 atom stereocenters. The Morgan fingerprint density at radius 1 is 1.35 bits per heavy atom. The third-order valence-corrected chi connectivity index (χ3v) is 4.58. The molecule has 3 nitrogen and oxygen atoms in total. The van der Waals surface area contributed by atoms with E-state index >= 15 is 0 Å². The summed E-state index contributed by atoms with van der Waals surface area (Å²) in [7, 11) is 0. The summed E-state index contributed by atoms with van der Waals surface area (Å²) in [6.07, 6.45) is 5.75. The molecule has 112 valence electrons. The fraction of sp³-hybridized carbons (Fsp3) is 0.706. The average molecular weight is 275 g/mol. The molecule has 0 radical (unpaired) electrons. The second kappa shape index (κ2) is 6.13. The molecule has 1 aliphatic rings. The molecule has 1 saturated heterocycles. The first-order chi connectivity index (χ1) is 9.45. The largest absolute Gasteiger partial charge is 0.352 e. The van der Waals surface area contributed by atoms with Gasteiger partial charge in [-0.3, -0.25) is 0 Å². The van der Waals surface area contributed by atoms with Gasteiger partial charge in [-0.15, -0.1) is 0 Å². The molecule has 2 rings (SSSR count). The van der Waals surface area contributed by atoms with Gasteiger partial charge in [-0.1, -0.05) is 40.2 Å². The van der Waals surface area contributed by atoms with Gasteiger partial charge in [0.1, 0.15) is 5.82 Å². The van der Waals surface area contributed by atoms with E-state index in [1.807, 2.05) is 6.20 Å². The number of hydrogen-bond acceptors (Lipinski definition) is 3. The van der Waals surface area contributed by atoms with Crippen LogP contribution in [0.25, 0.3) is 0 Å². The normalized spacial score (nSPS) is 23.9. The molecule has 3 heteroatoms. The Balaban J connectivity index is 2.14. The zero-order valence-electron chi connectivity index (χ0n) is 13.4. The van der Waals surface area contributed by atoms with Gasteiger partial charge in [0.2, 0.25) is 0 Å². The van der Waals surface area contributed by atoms with E-state index in [1.165, 1.54) is 24.8 Å². The molecule has 0 amide bonds. The Labute approximate surface area is 123 Å². The smallest absolute Gasteiger partial charge is 0.128 e. The third kappa shape index (κ3) is 3.32. The van der Waals surface area contributed by atoms with Crippen molar-refractivity contribution < 1.29 is 0 Å². The maximum Gasteiger partial charge on any atom is 0.128 e. The maximum atomic E-state index is 5.98. The molecule has 2 N–H and O–H groups in total. The van der Waals surface area contributed by atoms with Crippen LogP contribution in [0.2, 0.25) is 0 Å². The number of hydrogen-bond donors (Lipinski definition) is 1. The molecule has 2 heterocycles. The highest BCUT2D eigenvalue weighted by Crippen LogP contribution is 2.29. The Kier molecular flexibility index (Phi) is 4.69.